The van der Waals surface area contributed by atoms with E-state index in [1.54, 1.807) is 28.2 Å². The number of hydrogen-bond acceptors (Lipinski definition) is 0. The first-order valence-electron chi connectivity index (χ1n) is 3.44. The monoisotopic (exact) mass is 264 g/mol. The molecule has 15 heavy (non-hydrogen) atoms. The van der Waals surface area contributed by atoms with Crippen LogP contribution in [0.4, 0.5) is 29.6 Å². The second-order valence-electron chi connectivity index (χ2n) is 3.02. The number of hydrogen-bond donors (Lipinski definition) is 0. The average molecular weight is 264 g/mol. The van der Waals surface area contributed by atoms with Gasteiger partial charge in [-0.2, -0.15) is 0 Å². The van der Waals surface area contributed by atoms with E-state index in [0.29, 0.717) is 0 Å². The van der Waals surface area contributed by atoms with Gasteiger partial charge in [0.2, 0.25) is 0 Å². The second kappa shape index (κ2) is 3.77. The van der Waals surface area contributed by atoms with Gasteiger partial charge in [-0.05, 0) is 0 Å². The van der Waals surface area contributed by atoms with Crippen LogP contribution in [-0.4, -0.2) is 43.8 Å². The van der Waals surface area contributed by atoms with Crippen molar-refractivity contribution in [1.29, 1.82) is 0 Å². The van der Waals surface area contributed by atoms with Gasteiger partial charge in [0, 0.05) is 0 Å². The minimum atomic E-state index is -10.7. The number of halogens is 7. The standard InChI is InChI=1S/C5H12FN2.F6P/c1-7(2)5(6)8(3)4;1-7(2,3,4,5)6/h1-4H3;/q+1;-1. The molecule has 0 aliphatic rings. The first-order chi connectivity index (χ1) is 6.00. The summed E-state index contributed by atoms with van der Waals surface area (Å²) in [7, 11) is -4.01. The fraction of sp³-hybridized carbons (Fsp3) is 0.800. The van der Waals surface area contributed by atoms with Crippen molar-refractivity contribution in [2.45, 2.75) is 0 Å². The van der Waals surface area contributed by atoms with E-state index < -0.39 is 7.81 Å². The predicted octanol–water partition coefficient (Wildman–Crippen LogP) is 3.53. The number of amidine groups is 1. The molecule has 0 bridgehead atoms. The Labute approximate surface area is 82.2 Å². The van der Waals surface area contributed by atoms with Crippen molar-refractivity contribution in [2.24, 2.45) is 0 Å². The molecule has 0 rings (SSSR count). The summed E-state index contributed by atoms with van der Waals surface area (Å²) in [5, 5.41) is 0. The molecule has 0 aliphatic heterocycles. The van der Waals surface area contributed by atoms with Gasteiger partial charge in [-0.3, -0.25) is 0 Å². The van der Waals surface area contributed by atoms with Crippen molar-refractivity contribution in [3.8, 4) is 0 Å². The summed E-state index contributed by atoms with van der Waals surface area (Å²) in [4.78, 5) is 1.42. The summed E-state index contributed by atoms with van der Waals surface area (Å²) in [6.45, 7) is 0. The van der Waals surface area contributed by atoms with E-state index in [2.05, 4.69) is 0 Å². The Kier molecular flexibility index (Phi) is 4.23. The van der Waals surface area contributed by atoms with Crippen LogP contribution in [0.5, 0.6) is 0 Å². The zero-order chi connectivity index (χ0) is 13.1. The van der Waals surface area contributed by atoms with Gasteiger partial charge in [0.05, 0.1) is 28.2 Å². The van der Waals surface area contributed by atoms with Crippen LogP contribution in [0.3, 0.4) is 0 Å². The molecule has 0 aromatic carbocycles. The molecule has 0 fully saturated rings. The van der Waals surface area contributed by atoms with Crippen molar-refractivity contribution in [3.05, 3.63) is 0 Å². The summed E-state index contributed by atoms with van der Waals surface area (Å²) < 4.78 is 73.0. The third kappa shape index (κ3) is 31.8. The molecule has 0 atom stereocenters. The van der Waals surface area contributed by atoms with Crippen molar-refractivity contribution < 1.29 is 34.1 Å². The van der Waals surface area contributed by atoms with Crippen molar-refractivity contribution >= 4 is 13.9 Å². The van der Waals surface area contributed by atoms with E-state index in [1.165, 1.54) is 9.48 Å². The Bertz CT molecular complexity index is 235. The molecule has 0 unspecified atom stereocenters. The van der Waals surface area contributed by atoms with Gasteiger partial charge in [0.1, 0.15) is 0 Å². The van der Waals surface area contributed by atoms with Gasteiger partial charge in [-0.25, -0.2) is 9.48 Å². The van der Waals surface area contributed by atoms with Gasteiger partial charge in [-0.15, -0.1) is 4.39 Å². The van der Waals surface area contributed by atoms with Gasteiger partial charge >= 0.3 is 39.1 Å². The van der Waals surface area contributed by atoms with Crippen LogP contribution in [0, 0.1) is 0 Å². The molecule has 0 N–H and O–H groups in total. The molecule has 0 radical (unpaired) electrons. The topological polar surface area (TPSA) is 6.25 Å². The van der Waals surface area contributed by atoms with Gasteiger partial charge in [0.25, 0.3) is 0 Å². The van der Waals surface area contributed by atoms with Crippen LogP contribution < -0.4 is 0 Å². The van der Waals surface area contributed by atoms with E-state index in [4.69, 9.17) is 0 Å². The Morgan fingerprint density at radius 2 is 1.13 bits per heavy atom. The Morgan fingerprint density at radius 1 is 0.933 bits per heavy atom. The average Bonchev–Trinajstić information content (AvgIpc) is 1.77. The van der Waals surface area contributed by atoms with Gasteiger partial charge in [0.15, 0.2) is 0 Å². The number of rotatable bonds is 0. The van der Waals surface area contributed by atoms with E-state index in [9.17, 15) is 29.6 Å². The third-order valence-electron chi connectivity index (χ3n) is 0.738. The molecule has 96 valence electrons. The summed E-state index contributed by atoms with van der Waals surface area (Å²) >= 11 is 0. The SMILES string of the molecule is CN(C)C(F)=[N+](C)C.F[P-](F)(F)(F)(F)F. The minimum absolute atomic E-state index is 0.231. The third-order valence-corrected chi connectivity index (χ3v) is 0.738. The fourth-order valence-corrected chi connectivity index (χ4v) is 0.400. The van der Waals surface area contributed by atoms with E-state index in [-0.39, 0.29) is 6.09 Å². The zero-order valence-corrected chi connectivity index (χ0v) is 9.38. The van der Waals surface area contributed by atoms with Crippen molar-refractivity contribution in [2.75, 3.05) is 28.2 Å². The van der Waals surface area contributed by atoms with E-state index >= 15 is 0 Å². The summed E-state index contributed by atoms with van der Waals surface area (Å²) in [6.07, 6.45) is -0.231. The van der Waals surface area contributed by atoms with Crippen molar-refractivity contribution in [1.82, 2.24) is 4.90 Å². The van der Waals surface area contributed by atoms with E-state index in [0.717, 1.165) is 0 Å². The molecule has 0 amide bonds. The first kappa shape index (κ1) is 16.8. The molecule has 0 saturated carbocycles. The van der Waals surface area contributed by atoms with Gasteiger partial charge in [-0.1, -0.05) is 0 Å². The van der Waals surface area contributed by atoms with Crippen LogP contribution in [0.1, 0.15) is 0 Å². The van der Waals surface area contributed by atoms with Gasteiger partial charge < -0.3 is 0 Å². The molecule has 0 spiro atoms. The maximum absolute atomic E-state index is 12.4. The first-order valence-corrected chi connectivity index (χ1v) is 5.47. The molecule has 0 aliphatic carbocycles. The molecular formula is C5H12F7N2P. The van der Waals surface area contributed by atoms with E-state index in [1.807, 2.05) is 0 Å². The molecule has 2 nitrogen and oxygen atoms in total. The quantitative estimate of drug-likeness (QED) is 0.162. The summed E-state index contributed by atoms with van der Waals surface area (Å²) in [5.74, 6) is 0. The second-order valence-corrected chi connectivity index (χ2v) is 4.93. The predicted molar refractivity (Wildman–Crippen MR) is 45.5 cm³/mol. The zero-order valence-electron chi connectivity index (χ0n) is 8.49. The van der Waals surface area contributed by atoms with Crippen LogP contribution in [0.2, 0.25) is 0 Å². The molecule has 0 aromatic rings. The van der Waals surface area contributed by atoms with Crippen LogP contribution >= 0.6 is 7.81 Å². The van der Waals surface area contributed by atoms with Crippen LogP contribution in [-0.2, 0) is 0 Å². The number of nitrogens with zero attached hydrogens (tertiary/aromatic N) is 2. The summed E-state index contributed by atoms with van der Waals surface area (Å²) in [6, 6.07) is 0. The van der Waals surface area contributed by atoms with Crippen molar-refractivity contribution in [3.63, 3.8) is 0 Å². The molecule has 0 saturated heterocycles. The summed E-state index contributed by atoms with van der Waals surface area (Å²) in [5.41, 5.74) is 0. The Hall–Kier alpha value is -0.590. The van der Waals surface area contributed by atoms with Crippen LogP contribution in [0.25, 0.3) is 0 Å². The molecule has 0 aromatic heterocycles. The molecule has 10 heteroatoms. The Morgan fingerprint density at radius 3 is 1.13 bits per heavy atom. The fourth-order valence-electron chi connectivity index (χ4n) is 0.400. The normalized spacial score (nSPS) is 15.4. The van der Waals surface area contributed by atoms with Crippen LogP contribution in [0.15, 0.2) is 0 Å². The maximum atomic E-state index is 12.4. The Balaban J connectivity index is 0. The molecular weight excluding hydrogens is 252 g/mol. The molecule has 0 heterocycles.